The first-order valence-electron chi connectivity index (χ1n) is 4.94. The molecule has 0 aromatic carbocycles. The van der Waals surface area contributed by atoms with E-state index in [1.54, 1.807) is 12.3 Å². The number of ether oxygens (including phenoxy) is 1. The monoisotopic (exact) mass is 191 g/mol. The maximum atomic E-state index is 10.7. The minimum absolute atomic E-state index is 0.351. The average molecular weight is 191 g/mol. The first-order chi connectivity index (χ1) is 6.83. The Labute approximate surface area is 83.1 Å². The second kappa shape index (κ2) is 3.78. The molecule has 3 nitrogen and oxygen atoms in total. The van der Waals surface area contributed by atoms with Gasteiger partial charge < -0.3 is 4.74 Å². The lowest BCUT2D eigenvalue weighted by atomic mass is 10.2. The molecular formula is C11H13NO2. The smallest absolute Gasteiger partial charge is 0.152 e. The number of hydrogen-bond acceptors (Lipinski definition) is 3. The zero-order chi connectivity index (χ0) is 9.97. The van der Waals surface area contributed by atoms with Crippen molar-refractivity contribution in [2.75, 3.05) is 0 Å². The van der Waals surface area contributed by atoms with E-state index in [1.807, 2.05) is 6.92 Å². The zero-order valence-electron chi connectivity index (χ0n) is 8.19. The molecule has 0 atom stereocenters. The third-order valence-corrected chi connectivity index (χ3v) is 2.27. The quantitative estimate of drug-likeness (QED) is 0.683. The van der Waals surface area contributed by atoms with Gasteiger partial charge >= 0.3 is 0 Å². The summed E-state index contributed by atoms with van der Waals surface area (Å²) in [4.78, 5) is 14.9. The summed E-state index contributed by atoms with van der Waals surface area (Å²) >= 11 is 0. The number of aldehydes is 1. The van der Waals surface area contributed by atoms with Gasteiger partial charge in [-0.05, 0) is 25.3 Å². The predicted octanol–water partition coefficient (Wildman–Crippen LogP) is 2.00. The van der Waals surface area contributed by atoms with E-state index in [0.717, 1.165) is 31.2 Å². The lowest BCUT2D eigenvalue weighted by Gasteiger charge is -2.06. The van der Waals surface area contributed by atoms with Gasteiger partial charge in [-0.25, -0.2) is 0 Å². The molecule has 0 radical (unpaired) electrons. The van der Waals surface area contributed by atoms with Crippen LogP contribution in [-0.2, 0) is 6.42 Å². The summed E-state index contributed by atoms with van der Waals surface area (Å²) in [5.41, 5.74) is 1.48. The molecule has 0 saturated heterocycles. The van der Waals surface area contributed by atoms with Crippen LogP contribution in [0.5, 0.6) is 5.75 Å². The highest BCUT2D eigenvalue weighted by Gasteiger charge is 2.23. The summed E-state index contributed by atoms with van der Waals surface area (Å²) in [7, 11) is 0. The fourth-order valence-electron chi connectivity index (χ4n) is 1.33. The van der Waals surface area contributed by atoms with Gasteiger partial charge in [-0.3, -0.25) is 9.78 Å². The Balaban J connectivity index is 2.21. The molecule has 0 amide bonds. The van der Waals surface area contributed by atoms with Gasteiger partial charge in [0.1, 0.15) is 5.75 Å². The molecule has 0 spiro atoms. The Morgan fingerprint density at radius 1 is 1.64 bits per heavy atom. The molecule has 1 aliphatic rings. The minimum Gasteiger partial charge on any atom is -0.489 e. The van der Waals surface area contributed by atoms with Gasteiger partial charge in [-0.15, -0.1) is 0 Å². The Hall–Kier alpha value is -1.38. The molecule has 74 valence electrons. The Morgan fingerprint density at radius 2 is 2.43 bits per heavy atom. The van der Waals surface area contributed by atoms with Crippen molar-refractivity contribution >= 4 is 6.29 Å². The van der Waals surface area contributed by atoms with Crippen LogP contribution in [0.25, 0.3) is 0 Å². The highest BCUT2D eigenvalue weighted by molar-refractivity contribution is 5.77. The van der Waals surface area contributed by atoms with Crippen LogP contribution < -0.4 is 4.74 Å². The van der Waals surface area contributed by atoms with Crippen molar-refractivity contribution in [3.63, 3.8) is 0 Å². The van der Waals surface area contributed by atoms with Crippen molar-refractivity contribution in [2.45, 2.75) is 32.3 Å². The highest BCUT2D eigenvalue weighted by Crippen LogP contribution is 2.26. The number of aryl methyl sites for hydroxylation is 1. The minimum atomic E-state index is 0.351. The SMILES string of the molecule is CCc1ncc(OC2CC2)cc1C=O. The zero-order valence-corrected chi connectivity index (χ0v) is 8.19. The molecule has 3 heteroatoms. The Bertz CT molecular complexity index is 345. The number of carbonyl (C=O) groups is 1. The number of hydrogen-bond donors (Lipinski definition) is 0. The van der Waals surface area contributed by atoms with Gasteiger partial charge in [0, 0.05) is 5.56 Å². The van der Waals surface area contributed by atoms with Crippen molar-refractivity contribution in [1.29, 1.82) is 0 Å². The fourth-order valence-corrected chi connectivity index (χ4v) is 1.33. The summed E-state index contributed by atoms with van der Waals surface area (Å²) in [6.45, 7) is 1.98. The molecule has 1 fully saturated rings. The second-order valence-electron chi connectivity index (χ2n) is 3.50. The maximum absolute atomic E-state index is 10.7. The maximum Gasteiger partial charge on any atom is 0.152 e. The number of nitrogens with zero attached hydrogens (tertiary/aromatic N) is 1. The van der Waals surface area contributed by atoms with Crippen molar-refractivity contribution in [2.24, 2.45) is 0 Å². The normalized spacial score (nSPS) is 15.2. The predicted molar refractivity (Wildman–Crippen MR) is 52.7 cm³/mol. The van der Waals surface area contributed by atoms with Gasteiger partial charge in [-0.2, -0.15) is 0 Å². The summed E-state index contributed by atoms with van der Waals surface area (Å²) in [6.07, 6.45) is 5.90. The topological polar surface area (TPSA) is 39.2 Å². The molecule has 1 aromatic rings. The highest BCUT2D eigenvalue weighted by atomic mass is 16.5. The fraction of sp³-hybridized carbons (Fsp3) is 0.455. The summed E-state index contributed by atoms with van der Waals surface area (Å²) in [5.74, 6) is 0.715. The van der Waals surface area contributed by atoms with Crippen LogP contribution in [-0.4, -0.2) is 17.4 Å². The van der Waals surface area contributed by atoms with Crippen LogP contribution in [0.3, 0.4) is 0 Å². The van der Waals surface area contributed by atoms with E-state index in [-0.39, 0.29) is 0 Å². The van der Waals surface area contributed by atoms with Crippen LogP contribution in [0, 0.1) is 0 Å². The van der Waals surface area contributed by atoms with Crippen molar-refractivity contribution < 1.29 is 9.53 Å². The van der Waals surface area contributed by atoms with E-state index in [1.165, 1.54) is 0 Å². The molecule has 1 aliphatic carbocycles. The summed E-state index contributed by atoms with van der Waals surface area (Å²) < 4.78 is 5.55. The molecule has 1 saturated carbocycles. The van der Waals surface area contributed by atoms with Gasteiger partial charge in [0.15, 0.2) is 6.29 Å². The van der Waals surface area contributed by atoms with Crippen LogP contribution in [0.15, 0.2) is 12.3 Å². The average Bonchev–Trinajstić information content (AvgIpc) is 3.01. The number of pyridine rings is 1. The molecule has 1 heterocycles. The summed E-state index contributed by atoms with van der Waals surface area (Å²) in [6, 6.07) is 1.77. The third kappa shape index (κ3) is 1.92. The van der Waals surface area contributed by atoms with Crippen LogP contribution >= 0.6 is 0 Å². The Kier molecular flexibility index (Phi) is 2.48. The number of rotatable bonds is 4. The largest absolute Gasteiger partial charge is 0.489 e. The van der Waals surface area contributed by atoms with Crippen molar-refractivity contribution in [1.82, 2.24) is 4.98 Å². The summed E-state index contributed by atoms with van der Waals surface area (Å²) in [5, 5.41) is 0. The first-order valence-corrected chi connectivity index (χ1v) is 4.94. The van der Waals surface area contributed by atoms with Gasteiger partial charge in [0.25, 0.3) is 0 Å². The van der Waals surface area contributed by atoms with Crippen molar-refractivity contribution in [3.8, 4) is 5.75 Å². The molecule has 2 rings (SSSR count). The van der Waals surface area contributed by atoms with Gasteiger partial charge in [-0.1, -0.05) is 6.92 Å². The molecule has 0 aliphatic heterocycles. The van der Waals surface area contributed by atoms with Gasteiger partial charge in [0.05, 0.1) is 18.0 Å². The second-order valence-corrected chi connectivity index (χ2v) is 3.50. The Morgan fingerprint density at radius 3 is 3.00 bits per heavy atom. The molecule has 14 heavy (non-hydrogen) atoms. The standard InChI is InChI=1S/C11H13NO2/c1-2-11-8(7-13)5-10(6-12-11)14-9-3-4-9/h5-7,9H,2-4H2,1H3. The molecule has 0 unspecified atom stereocenters. The lowest BCUT2D eigenvalue weighted by Crippen LogP contribution is -2.00. The van der Waals surface area contributed by atoms with E-state index in [0.29, 0.717) is 17.4 Å². The molecular weight excluding hydrogens is 178 g/mol. The van der Waals surface area contributed by atoms with Gasteiger partial charge in [0.2, 0.25) is 0 Å². The molecule has 0 N–H and O–H groups in total. The van der Waals surface area contributed by atoms with E-state index < -0.39 is 0 Å². The van der Waals surface area contributed by atoms with Crippen LogP contribution in [0.1, 0.15) is 35.8 Å². The van der Waals surface area contributed by atoms with Crippen LogP contribution in [0.4, 0.5) is 0 Å². The van der Waals surface area contributed by atoms with E-state index in [9.17, 15) is 4.79 Å². The van der Waals surface area contributed by atoms with Crippen LogP contribution in [0.2, 0.25) is 0 Å². The van der Waals surface area contributed by atoms with E-state index in [2.05, 4.69) is 4.98 Å². The van der Waals surface area contributed by atoms with E-state index >= 15 is 0 Å². The van der Waals surface area contributed by atoms with E-state index in [4.69, 9.17) is 4.74 Å². The number of aromatic nitrogens is 1. The van der Waals surface area contributed by atoms with Crippen molar-refractivity contribution in [3.05, 3.63) is 23.5 Å². The third-order valence-electron chi connectivity index (χ3n) is 2.27. The lowest BCUT2D eigenvalue weighted by molar-refractivity contribution is 0.112. The molecule has 0 bridgehead atoms. The molecule has 1 aromatic heterocycles. The first kappa shape index (κ1) is 9.19. The number of carbonyl (C=O) groups excluding carboxylic acids is 1.